The quantitative estimate of drug-likeness (QED) is 0.435. The third kappa shape index (κ3) is 4.39. The van der Waals surface area contributed by atoms with Crippen molar-refractivity contribution in [2.24, 2.45) is 8.73 Å². The fraction of sp³-hybridized carbons (Fsp3) is 0.0476. The molecule has 0 fully saturated rings. The summed E-state index contributed by atoms with van der Waals surface area (Å²) in [5.74, 6) is -0.498. The van der Waals surface area contributed by atoms with Crippen molar-refractivity contribution in [2.45, 2.75) is 0 Å². The van der Waals surface area contributed by atoms with E-state index in [-0.39, 0.29) is 18.4 Å². The van der Waals surface area contributed by atoms with Crippen LogP contribution >= 0.6 is 0 Å². The average Bonchev–Trinajstić information content (AvgIpc) is 3.23. The highest BCUT2D eigenvalue weighted by Crippen LogP contribution is 2.38. The van der Waals surface area contributed by atoms with Crippen molar-refractivity contribution in [1.82, 2.24) is 0 Å². The molecule has 0 bridgehead atoms. The molecule has 0 spiro atoms. The molecule has 7 nitrogen and oxygen atoms in total. The van der Waals surface area contributed by atoms with Crippen LogP contribution in [0.3, 0.4) is 0 Å². The molecule has 0 radical (unpaired) electrons. The highest BCUT2D eigenvalue weighted by atomic mass is 32.1. The lowest BCUT2D eigenvalue weighted by Gasteiger charge is -2.13. The van der Waals surface area contributed by atoms with Crippen LogP contribution in [0.4, 0.5) is 28.4 Å². The lowest BCUT2D eigenvalue weighted by atomic mass is 10.1. The van der Waals surface area contributed by atoms with Gasteiger partial charge < -0.3 is 16.0 Å². The maximum absolute atomic E-state index is 12.6. The van der Waals surface area contributed by atoms with E-state index in [0.717, 1.165) is 17.0 Å². The summed E-state index contributed by atoms with van der Waals surface area (Å²) >= 11 is 1.10. The van der Waals surface area contributed by atoms with Gasteiger partial charge in [0.15, 0.2) is 0 Å². The van der Waals surface area contributed by atoms with Gasteiger partial charge in [0.1, 0.15) is 11.4 Å². The van der Waals surface area contributed by atoms with Gasteiger partial charge in [-0.3, -0.25) is 9.59 Å². The zero-order valence-electron chi connectivity index (χ0n) is 15.3. The standard InChI is InChI=1S/C21H17N5O2S/c27-19(24-17-11-6-12-18-20(17)26-29-25-18)13-22-16-10-5-4-9-15(16)21(28)23-14-7-2-1-3-8-14/h1-12,22H,13H2,(H,23,28)(H,24,27). The number of nitrogens with zero attached hydrogens (tertiary/aromatic N) is 2. The molecular formula is C21H17N5O2S. The zero-order chi connectivity index (χ0) is 20.1. The van der Waals surface area contributed by atoms with Crippen LogP contribution in [0.1, 0.15) is 10.4 Å². The molecule has 3 aromatic carbocycles. The molecule has 1 heterocycles. The van der Waals surface area contributed by atoms with Crippen LogP contribution in [-0.4, -0.2) is 18.4 Å². The highest BCUT2D eigenvalue weighted by molar-refractivity contribution is 7.58. The van der Waals surface area contributed by atoms with E-state index in [2.05, 4.69) is 24.7 Å². The van der Waals surface area contributed by atoms with Gasteiger partial charge in [-0.05, 0) is 36.4 Å². The third-order valence-electron chi connectivity index (χ3n) is 4.20. The summed E-state index contributed by atoms with van der Waals surface area (Å²) in [5.41, 5.74) is 3.74. The molecule has 1 aliphatic heterocycles. The van der Waals surface area contributed by atoms with Gasteiger partial charge in [0.25, 0.3) is 5.91 Å². The number of fused-ring (bicyclic) bond motifs is 1. The lowest BCUT2D eigenvalue weighted by molar-refractivity contribution is -0.114. The predicted octanol–water partition coefficient (Wildman–Crippen LogP) is 4.72. The van der Waals surface area contributed by atoms with Crippen molar-refractivity contribution in [3.63, 3.8) is 0 Å². The van der Waals surface area contributed by atoms with Crippen molar-refractivity contribution in [3.05, 3.63) is 78.4 Å². The molecule has 2 amide bonds. The number of hydrogen-bond donors (Lipinski definition) is 3. The molecule has 4 rings (SSSR count). The number of para-hydroxylation sites is 2. The Balaban J connectivity index is 1.41. The first kappa shape index (κ1) is 18.6. The van der Waals surface area contributed by atoms with Crippen LogP contribution < -0.4 is 16.0 Å². The second-order valence-electron chi connectivity index (χ2n) is 6.20. The molecule has 144 valence electrons. The molecule has 0 aromatic heterocycles. The number of rotatable bonds is 6. The minimum Gasteiger partial charge on any atom is -0.376 e. The minimum absolute atomic E-state index is 0.00356. The molecule has 29 heavy (non-hydrogen) atoms. The van der Waals surface area contributed by atoms with Crippen molar-refractivity contribution < 1.29 is 9.59 Å². The van der Waals surface area contributed by atoms with Gasteiger partial charge in [0.05, 0.1) is 29.2 Å². The first-order valence-corrected chi connectivity index (χ1v) is 9.64. The Hall–Kier alpha value is -3.78. The number of carbonyl (C=O) groups excluding carboxylic acids is 2. The SMILES string of the molecule is O=C(CNc1ccccc1C(=O)Nc1ccccc1)Nc1cccc2c1N=S=N2. The minimum atomic E-state index is -0.252. The summed E-state index contributed by atoms with van der Waals surface area (Å²) in [7, 11) is 0. The van der Waals surface area contributed by atoms with Gasteiger partial charge >= 0.3 is 0 Å². The van der Waals surface area contributed by atoms with Gasteiger partial charge in [0, 0.05) is 11.4 Å². The fourth-order valence-corrected chi connectivity index (χ4v) is 3.38. The Morgan fingerprint density at radius 2 is 1.55 bits per heavy atom. The fourth-order valence-electron chi connectivity index (χ4n) is 2.83. The molecule has 3 N–H and O–H groups in total. The van der Waals surface area contributed by atoms with Crippen molar-refractivity contribution in [1.29, 1.82) is 0 Å². The topological polar surface area (TPSA) is 95.0 Å². The number of benzene rings is 3. The largest absolute Gasteiger partial charge is 0.376 e. The van der Waals surface area contributed by atoms with Gasteiger partial charge in [-0.25, -0.2) is 0 Å². The van der Waals surface area contributed by atoms with E-state index in [4.69, 9.17) is 0 Å². The monoisotopic (exact) mass is 403 g/mol. The van der Waals surface area contributed by atoms with Crippen LogP contribution in [0.15, 0.2) is 81.5 Å². The summed E-state index contributed by atoms with van der Waals surface area (Å²) in [6, 6.07) is 21.7. The Bertz CT molecular complexity index is 1140. The number of nitrogens with one attached hydrogen (secondary N) is 3. The molecule has 0 unspecified atom stereocenters. The molecule has 3 aromatic rings. The molecule has 1 aliphatic rings. The van der Waals surface area contributed by atoms with E-state index in [9.17, 15) is 9.59 Å². The number of amides is 2. The molecule has 0 saturated carbocycles. The normalized spacial score (nSPS) is 11.3. The molecule has 0 saturated heterocycles. The van der Waals surface area contributed by atoms with Crippen LogP contribution in [0, 0.1) is 0 Å². The summed E-state index contributed by atoms with van der Waals surface area (Å²) < 4.78 is 8.37. The molecular weight excluding hydrogens is 386 g/mol. The summed E-state index contributed by atoms with van der Waals surface area (Å²) in [6.45, 7) is 0.00356. The number of anilines is 3. The van der Waals surface area contributed by atoms with Crippen LogP contribution in [0.5, 0.6) is 0 Å². The highest BCUT2D eigenvalue weighted by Gasteiger charge is 2.14. The zero-order valence-corrected chi connectivity index (χ0v) is 16.1. The third-order valence-corrected chi connectivity index (χ3v) is 4.75. The Morgan fingerprint density at radius 1 is 0.793 bits per heavy atom. The van der Waals surface area contributed by atoms with Crippen molar-refractivity contribution in [3.8, 4) is 0 Å². The van der Waals surface area contributed by atoms with Crippen molar-refractivity contribution >= 4 is 51.6 Å². The van der Waals surface area contributed by atoms with Gasteiger partial charge in [-0.1, -0.05) is 36.4 Å². The number of carbonyl (C=O) groups is 2. The summed E-state index contributed by atoms with van der Waals surface area (Å²) in [6.07, 6.45) is 0. The van der Waals surface area contributed by atoms with E-state index in [1.165, 1.54) is 0 Å². The van der Waals surface area contributed by atoms with E-state index in [1.807, 2.05) is 42.5 Å². The van der Waals surface area contributed by atoms with Crippen LogP contribution in [0.2, 0.25) is 0 Å². The Kier molecular flexibility index (Phi) is 5.44. The Labute approximate surface area is 171 Å². The maximum Gasteiger partial charge on any atom is 0.257 e. The number of hydrogen-bond acceptors (Lipinski definition) is 5. The summed E-state index contributed by atoms with van der Waals surface area (Å²) in [5, 5.41) is 8.72. The Morgan fingerprint density at radius 3 is 2.41 bits per heavy atom. The van der Waals surface area contributed by atoms with E-state index in [0.29, 0.717) is 28.3 Å². The second-order valence-corrected chi connectivity index (χ2v) is 6.73. The van der Waals surface area contributed by atoms with Crippen LogP contribution in [0.25, 0.3) is 0 Å². The average molecular weight is 403 g/mol. The first-order valence-electron chi connectivity index (χ1n) is 8.91. The lowest BCUT2D eigenvalue weighted by Crippen LogP contribution is -2.23. The predicted molar refractivity (Wildman–Crippen MR) is 116 cm³/mol. The van der Waals surface area contributed by atoms with Gasteiger partial charge in [0.2, 0.25) is 5.91 Å². The smallest absolute Gasteiger partial charge is 0.257 e. The van der Waals surface area contributed by atoms with Gasteiger partial charge in [-0.2, -0.15) is 8.73 Å². The van der Waals surface area contributed by atoms with E-state index in [1.54, 1.807) is 30.3 Å². The van der Waals surface area contributed by atoms with E-state index < -0.39 is 0 Å². The van der Waals surface area contributed by atoms with Crippen LogP contribution in [-0.2, 0) is 16.1 Å². The van der Waals surface area contributed by atoms with E-state index >= 15 is 0 Å². The maximum atomic E-state index is 12.6. The molecule has 0 atom stereocenters. The molecule has 0 aliphatic carbocycles. The van der Waals surface area contributed by atoms with Gasteiger partial charge in [-0.15, -0.1) is 0 Å². The second kappa shape index (κ2) is 8.49. The first-order chi connectivity index (χ1) is 14.2. The molecule has 8 heteroatoms. The summed E-state index contributed by atoms with van der Waals surface area (Å²) in [4.78, 5) is 25.0. The van der Waals surface area contributed by atoms with Crippen molar-refractivity contribution in [2.75, 3.05) is 22.5 Å².